The van der Waals surface area contributed by atoms with E-state index in [4.69, 9.17) is 4.98 Å². The molecule has 4 heteroatoms. The minimum absolute atomic E-state index is 0.890. The maximum absolute atomic E-state index is 5.11. The summed E-state index contributed by atoms with van der Waals surface area (Å²) in [5, 5.41) is 2.47. The zero-order chi connectivity index (χ0) is 25.5. The summed E-state index contributed by atoms with van der Waals surface area (Å²) in [5.41, 5.74) is 7.70. The van der Waals surface area contributed by atoms with Gasteiger partial charge in [-0.1, -0.05) is 57.5 Å². The topological polar surface area (TPSA) is 43.6 Å². The van der Waals surface area contributed by atoms with E-state index in [-0.39, 0.29) is 0 Å². The molecule has 0 aliphatic heterocycles. The van der Waals surface area contributed by atoms with E-state index >= 15 is 0 Å². The van der Waals surface area contributed by atoms with Crippen LogP contribution in [-0.2, 0) is 0 Å². The lowest BCUT2D eigenvalue weighted by atomic mass is 10.0. The first-order chi connectivity index (χ1) is 17.8. The second-order valence-corrected chi connectivity index (χ2v) is 7.94. The Morgan fingerprint density at radius 1 is 0.556 bits per heavy atom. The van der Waals surface area contributed by atoms with Gasteiger partial charge >= 0.3 is 0 Å². The van der Waals surface area contributed by atoms with Crippen molar-refractivity contribution in [3.63, 3.8) is 0 Å². The van der Waals surface area contributed by atoms with E-state index in [1.807, 2.05) is 64.4 Å². The van der Waals surface area contributed by atoms with E-state index in [0.717, 1.165) is 39.2 Å². The largest absolute Gasteiger partial charge is 0.294 e. The monoisotopic (exact) mass is 472 g/mol. The van der Waals surface area contributed by atoms with E-state index < -0.39 is 0 Å². The molecule has 0 atom stereocenters. The first-order valence-corrected chi connectivity index (χ1v) is 12.6. The summed E-state index contributed by atoms with van der Waals surface area (Å²) in [5.74, 6) is 0.890. The normalized spacial score (nSPS) is 10.4. The molecule has 0 radical (unpaired) electrons. The lowest BCUT2D eigenvalue weighted by Gasteiger charge is -2.12. The zero-order valence-corrected chi connectivity index (χ0v) is 21.6. The molecule has 36 heavy (non-hydrogen) atoms. The summed E-state index contributed by atoms with van der Waals surface area (Å²) in [6, 6.07) is 27.5. The number of benzene rings is 2. The van der Waals surface area contributed by atoms with Crippen molar-refractivity contribution >= 4 is 21.8 Å². The molecule has 0 aliphatic carbocycles. The fourth-order valence-electron chi connectivity index (χ4n) is 4.35. The van der Waals surface area contributed by atoms with Crippen LogP contribution in [0.4, 0.5) is 0 Å². The number of para-hydroxylation sites is 1. The van der Waals surface area contributed by atoms with Crippen LogP contribution >= 0.6 is 0 Å². The fourth-order valence-corrected chi connectivity index (χ4v) is 4.35. The van der Waals surface area contributed by atoms with E-state index in [0.29, 0.717) is 0 Å². The fraction of sp³-hybridized carbons (Fsp3) is 0.156. The molecular formula is C32H32N4. The molecule has 0 amide bonds. The Morgan fingerprint density at radius 3 is 1.86 bits per heavy atom. The molecule has 4 nitrogen and oxygen atoms in total. The third kappa shape index (κ3) is 4.76. The van der Waals surface area contributed by atoms with E-state index in [2.05, 4.69) is 76.1 Å². The second kappa shape index (κ2) is 11.4. The molecule has 0 saturated carbocycles. The predicted octanol–water partition coefficient (Wildman–Crippen LogP) is 8.66. The van der Waals surface area contributed by atoms with Crippen LogP contribution in [0.2, 0.25) is 0 Å². The standard InChI is InChI=1S/C28H20N4.2C2H6/c1-19-6-7-27-24(16-19)23-4-2-3-5-26(23)32(27)28-18-22(20-8-12-29-13-9-20)17-25(31-28)21-10-14-30-15-11-21;2*1-2/h2-18H,1H3;2*1-2H3. The number of rotatable bonds is 3. The molecule has 6 aromatic rings. The molecule has 0 N–H and O–H groups in total. The van der Waals surface area contributed by atoms with Crippen molar-refractivity contribution < 1.29 is 0 Å². The molecule has 2 aromatic carbocycles. The SMILES string of the molecule is CC.CC.Cc1ccc2c(c1)c1ccccc1n2-c1cc(-c2ccncc2)cc(-c2ccncc2)n1. The number of aryl methyl sites for hydroxylation is 1. The third-order valence-electron chi connectivity index (χ3n) is 5.86. The van der Waals surface area contributed by atoms with E-state index in [1.54, 1.807) is 12.4 Å². The number of pyridine rings is 3. The summed E-state index contributed by atoms with van der Waals surface area (Å²) in [6.45, 7) is 10.1. The van der Waals surface area contributed by atoms with Crippen molar-refractivity contribution in [3.8, 4) is 28.2 Å². The molecule has 0 bridgehead atoms. The summed E-state index contributed by atoms with van der Waals surface area (Å²) in [6.07, 6.45) is 7.26. The van der Waals surface area contributed by atoms with Crippen LogP contribution < -0.4 is 0 Å². The predicted molar refractivity (Wildman–Crippen MR) is 152 cm³/mol. The highest BCUT2D eigenvalue weighted by Crippen LogP contribution is 2.34. The quantitative estimate of drug-likeness (QED) is 0.259. The zero-order valence-electron chi connectivity index (χ0n) is 21.6. The number of fused-ring (bicyclic) bond motifs is 3. The maximum atomic E-state index is 5.11. The first-order valence-electron chi connectivity index (χ1n) is 12.6. The van der Waals surface area contributed by atoms with E-state index in [1.165, 1.54) is 16.3 Å². The van der Waals surface area contributed by atoms with Crippen LogP contribution in [0.3, 0.4) is 0 Å². The van der Waals surface area contributed by atoms with Gasteiger partial charge in [0.25, 0.3) is 0 Å². The molecule has 0 unspecified atom stereocenters. The Bertz CT molecular complexity index is 1510. The van der Waals surface area contributed by atoms with Crippen LogP contribution in [0.15, 0.2) is 104 Å². The molecule has 0 spiro atoms. The highest BCUT2D eigenvalue weighted by atomic mass is 15.1. The van der Waals surface area contributed by atoms with Gasteiger partial charge in [0, 0.05) is 41.1 Å². The van der Waals surface area contributed by atoms with Crippen molar-refractivity contribution in [2.45, 2.75) is 34.6 Å². The summed E-state index contributed by atoms with van der Waals surface area (Å²) >= 11 is 0. The highest BCUT2D eigenvalue weighted by Gasteiger charge is 2.15. The summed E-state index contributed by atoms with van der Waals surface area (Å²) in [7, 11) is 0. The summed E-state index contributed by atoms with van der Waals surface area (Å²) < 4.78 is 2.26. The van der Waals surface area contributed by atoms with Crippen LogP contribution in [0.5, 0.6) is 0 Å². The van der Waals surface area contributed by atoms with Crippen molar-refractivity contribution in [2.75, 3.05) is 0 Å². The smallest absolute Gasteiger partial charge is 0.138 e. The minimum Gasteiger partial charge on any atom is -0.294 e. The Morgan fingerprint density at radius 2 is 1.17 bits per heavy atom. The number of aromatic nitrogens is 4. The Labute approximate surface area is 213 Å². The van der Waals surface area contributed by atoms with Gasteiger partial charge in [0.15, 0.2) is 0 Å². The maximum Gasteiger partial charge on any atom is 0.138 e. The van der Waals surface area contributed by atoms with Crippen molar-refractivity contribution in [2.24, 2.45) is 0 Å². The lowest BCUT2D eigenvalue weighted by Crippen LogP contribution is -2.00. The number of hydrogen-bond acceptors (Lipinski definition) is 3. The molecule has 0 saturated heterocycles. The number of hydrogen-bond donors (Lipinski definition) is 0. The van der Waals surface area contributed by atoms with Gasteiger partial charge in [-0.05, 0) is 72.6 Å². The second-order valence-electron chi connectivity index (χ2n) is 7.94. The van der Waals surface area contributed by atoms with Crippen LogP contribution in [-0.4, -0.2) is 19.5 Å². The molecule has 6 rings (SSSR count). The van der Waals surface area contributed by atoms with Gasteiger partial charge < -0.3 is 0 Å². The highest BCUT2D eigenvalue weighted by molar-refractivity contribution is 6.09. The molecule has 180 valence electrons. The van der Waals surface area contributed by atoms with Gasteiger partial charge in [-0.2, -0.15) is 0 Å². The van der Waals surface area contributed by atoms with Crippen molar-refractivity contribution in [1.82, 2.24) is 19.5 Å². The average molecular weight is 473 g/mol. The van der Waals surface area contributed by atoms with E-state index in [9.17, 15) is 0 Å². The summed E-state index contributed by atoms with van der Waals surface area (Å²) in [4.78, 5) is 13.5. The average Bonchev–Trinajstić information content (AvgIpc) is 3.29. The van der Waals surface area contributed by atoms with Crippen molar-refractivity contribution in [1.29, 1.82) is 0 Å². The number of nitrogens with zero attached hydrogens (tertiary/aromatic N) is 4. The third-order valence-corrected chi connectivity index (χ3v) is 5.86. The van der Waals surface area contributed by atoms with Gasteiger partial charge in [-0.15, -0.1) is 0 Å². The minimum atomic E-state index is 0.890. The molecule has 4 aromatic heterocycles. The Hall–Kier alpha value is -4.31. The van der Waals surface area contributed by atoms with Crippen molar-refractivity contribution in [3.05, 3.63) is 109 Å². The van der Waals surface area contributed by atoms with Crippen LogP contribution in [0, 0.1) is 6.92 Å². The van der Waals surface area contributed by atoms with Gasteiger partial charge in [-0.3, -0.25) is 14.5 Å². The first kappa shape index (κ1) is 24.8. The molecule has 4 heterocycles. The van der Waals surface area contributed by atoms with Crippen LogP contribution in [0.1, 0.15) is 33.3 Å². The van der Waals surface area contributed by atoms with Gasteiger partial charge in [0.05, 0.1) is 16.7 Å². The molecular weight excluding hydrogens is 440 g/mol. The molecule has 0 fully saturated rings. The Kier molecular flexibility index (Phi) is 7.86. The van der Waals surface area contributed by atoms with Gasteiger partial charge in [0.2, 0.25) is 0 Å². The molecule has 0 aliphatic rings. The van der Waals surface area contributed by atoms with Crippen LogP contribution in [0.25, 0.3) is 50.0 Å². The Balaban J connectivity index is 0.000000726. The van der Waals surface area contributed by atoms with Gasteiger partial charge in [-0.25, -0.2) is 4.98 Å². The van der Waals surface area contributed by atoms with Gasteiger partial charge in [0.1, 0.15) is 5.82 Å². The lowest BCUT2D eigenvalue weighted by molar-refractivity contribution is 1.08.